The molecule has 0 aliphatic carbocycles. The minimum absolute atomic E-state index is 0.0401. The van der Waals surface area contributed by atoms with Gasteiger partial charge in [-0.3, -0.25) is 0 Å². The first-order chi connectivity index (χ1) is 8.51. The number of carboxylic acid groups (broad SMARTS) is 1. The third-order valence-corrected chi connectivity index (χ3v) is 2.98. The van der Waals surface area contributed by atoms with E-state index in [0.29, 0.717) is 18.4 Å². The molecule has 0 amide bonds. The van der Waals surface area contributed by atoms with Crippen molar-refractivity contribution in [1.82, 2.24) is 0 Å². The van der Waals surface area contributed by atoms with Crippen LogP contribution < -0.4 is 0 Å². The highest BCUT2D eigenvalue weighted by molar-refractivity contribution is 5.85. The summed E-state index contributed by atoms with van der Waals surface area (Å²) in [6.07, 6.45) is 7.19. The predicted molar refractivity (Wildman–Crippen MR) is 69.3 cm³/mol. The van der Waals surface area contributed by atoms with Gasteiger partial charge in [-0.1, -0.05) is 19.4 Å². The third-order valence-electron chi connectivity index (χ3n) is 2.98. The molecular formula is C14H22O4. The Kier molecular flexibility index (Phi) is 8.80. The Morgan fingerprint density at radius 3 is 2.33 bits per heavy atom. The van der Waals surface area contributed by atoms with Crippen molar-refractivity contribution in [1.29, 1.82) is 0 Å². The Morgan fingerprint density at radius 2 is 1.83 bits per heavy atom. The Balaban J connectivity index is 3.91. The number of carbonyl (C=O) groups excluding carboxylic acids is 2. The number of allylic oxidation sites excluding steroid dienone is 1. The monoisotopic (exact) mass is 254 g/mol. The number of hydrogen-bond donors (Lipinski definition) is 1. The lowest BCUT2D eigenvalue weighted by molar-refractivity contribution is -0.132. The SMILES string of the molecule is CC(=CCCC(C=O)CCCC(C)C=O)C(=O)O. The molecule has 1 N–H and O–H groups in total. The van der Waals surface area contributed by atoms with Crippen molar-refractivity contribution < 1.29 is 19.5 Å². The van der Waals surface area contributed by atoms with Gasteiger partial charge in [-0.25, -0.2) is 4.79 Å². The van der Waals surface area contributed by atoms with E-state index >= 15 is 0 Å². The van der Waals surface area contributed by atoms with Crippen LogP contribution in [0.4, 0.5) is 0 Å². The molecule has 0 heterocycles. The predicted octanol–water partition coefficient (Wildman–Crippen LogP) is 2.62. The van der Waals surface area contributed by atoms with Gasteiger partial charge in [0, 0.05) is 17.4 Å². The number of carbonyl (C=O) groups is 3. The van der Waals surface area contributed by atoms with Gasteiger partial charge in [0.2, 0.25) is 0 Å². The minimum atomic E-state index is -0.919. The number of rotatable bonds is 10. The second kappa shape index (κ2) is 9.57. The van der Waals surface area contributed by atoms with Crippen LogP contribution in [0.2, 0.25) is 0 Å². The van der Waals surface area contributed by atoms with Crippen LogP contribution in [-0.4, -0.2) is 23.6 Å². The first kappa shape index (κ1) is 16.6. The third kappa shape index (κ3) is 7.76. The quantitative estimate of drug-likeness (QED) is 0.480. The highest BCUT2D eigenvalue weighted by Crippen LogP contribution is 2.16. The van der Waals surface area contributed by atoms with Gasteiger partial charge in [0.1, 0.15) is 12.6 Å². The maximum absolute atomic E-state index is 10.9. The molecule has 4 heteroatoms. The van der Waals surface area contributed by atoms with Gasteiger partial charge in [0.15, 0.2) is 0 Å². The summed E-state index contributed by atoms with van der Waals surface area (Å²) in [7, 11) is 0. The fourth-order valence-corrected chi connectivity index (χ4v) is 1.65. The van der Waals surface area contributed by atoms with Crippen molar-refractivity contribution in [3.05, 3.63) is 11.6 Å². The molecule has 0 aliphatic heterocycles. The van der Waals surface area contributed by atoms with Crippen molar-refractivity contribution in [3.63, 3.8) is 0 Å². The van der Waals surface area contributed by atoms with Crippen molar-refractivity contribution in [2.45, 2.75) is 46.0 Å². The molecule has 0 spiro atoms. The van der Waals surface area contributed by atoms with E-state index in [-0.39, 0.29) is 11.8 Å². The summed E-state index contributed by atoms with van der Waals surface area (Å²) in [6, 6.07) is 0. The van der Waals surface area contributed by atoms with Crippen LogP contribution in [0, 0.1) is 11.8 Å². The van der Waals surface area contributed by atoms with Crippen LogP contribution in [-0.2, 0) is 14.4 Å². The first-order valence-electron chi connectivity index (χ1n) is 6.31. The van der Waals surface area contributed by atoms with E-state index in [4.69, 9.17) is 5.11 Å². The maximum Gasteiger partial charge on any atom is 0.330 e. The van der Waals surface area contributed by atoms with E-state index < -0.39 is 5.97 Å². The van der Waals surface area contributed by atoms with Gasteiger partial charge in [-0.05, 0) is 32.6 Å². The molecule has 4 nitrogen and oxygen atoms in total. The molecule has 0 saturated carbocycles. The standard InChI is InChI=1S/C14H22O4/c1-11(9-15)5-3-7-13(10-16)8-4-6-12(2)14(17)18/h6,9-11,13H,3-5,7-8H2,1-2H3,(H,17,18). The fraction of sp³-hybridized carbons (Fsp3) is 0.643. The number of hydrogen-bond acceptors (Lipinski definition) is 3. The van der Waals surface area contributed by atoms with E-state index in [1.54, 1.807) is 13.0 Å². The van der Waals surface area contributed by atoms with Crippen molar-refractivity contribution >= 4 is 18.5 Å². The van der Waals surface area contributed by atoms with Gasteiger partial charge in [-0.2, -0.15) is 0 Å². The summed E-state index contributed by atoms with van der Waals surface area (Å²) < 4.78 is 0. The number of aliphatic carboxylic acids is 1. The topological polar surface area (TPSA) is 71.4 Å². The van der Waals surface area contributed by atoms with E-state index in [0.717, 1.165) is 31.8 Å². The van der Waals surface area contributed by atoms with Crippen molar-refractivity contribution in [2.24, 2.45) is 11.8 Å². The molecule has 0 aromatic carbocycles. The molecule has 0 radical (unpaired) electrons. The van der Waals surface area contributed by atoms with Gasteiger partial charge < -0.3 is 14.7 Å². The Labute approximate surface area is 108 Å². The highest BCUT2D eigenvalue weighted by Gasteiger charge is 2.08. The molecule has 0 aliphatic rings. The van der Waals surface area contributed by atoms with E-state index in [9.17, 15) is 14.4 Å². The summed E-state index contributed by atoms with van der Waals surface area (Å²) in [5, 5.41) is 8.66. The molecule has 0 fully saturated rings. The second-order valence-corrected chi connectivity index (χ2v) is 4.71. The fourth-order valence-electron chi connectivity index (χ4n) is 1.65. The Hall–Kier alpha value is -1.45. The van der Waals surface area contributed by atoms with Gasteiger partial charge in [-0.15, -0.1) is 0 Å². The normalized spacial score (nSPS) is 14.9. The molecule has 0 aromatic heterocycles. The molecule has 0 rings (SSSR count). The Morgan fingerprint density at radius 1 is 1.17 bits per heavy atom. The minimum Gasteiger partial charge on any atom is -0.478 e. The van der Waals surface area contributed by atoms with Crippen molar-refractivity contribution in [2.75, 3.05) is 0 Å². The first-order valence-corrected chi connectivity index (χ1v) is 6.31. The zero-order chi connectivity index (χ0) is 14.0. The molecule has 0 bridgehead atoms. The maximum atomic E-state index is 10.9. The lowest BCUT2D eigenvalue weighted by atomic mass is 9.95. The lowest BCUT2D eigenvalue weighted by Crippen LogP contribution is -2.04. The van der Waals surface area contributed by atoms with E-state index in [1.165, 1.54) is 0 Å². The Bertz CT molecular complexity index is 307. The van der Waals surface area contributed by atoms with E-state index in [2.05, 4.69) is 0 Å². The average molecular weight is 254 g/mol. The van der Waals surface area contributed by atoms with Crippen molar-refractivity contribution in [3.8, 4) is 0 Å². The largest absolute Gasteiger partial charge is 0.478 e. The van der Waals surface area contributed by atoms with Crippen LogP contribution >= 0.6 is 0 Å². The molecule has 2 atom stereocenters. The highest BCUT2D eigenvalue weighted by atomic mass is 16.4. The molecule has 102 valence electrons. The molecule has 2 unspecified atom stereocenters. The average Bonchev–Trinajstić information content (AvgIpc) is 2.36. The van der Waals surface area contributed by atoms with Crippen LogP contribution in [0.25, 0.3) is 0 Å². The summed E-state index contributed by atoms with van der Waals surface area (Å²) in [4.78, 5) is 31.8. The summed E-state index contributed by atoms with van der Waals surface area (Å²) in [5.41, 5.74) is 0.314. The number of aldehydes is 2. The molecule has 0 aromatic rings. The molecule has 18 heavy (non-hydrogen) atoms. The summed E-state index contributed by atoms with van der Waals surface area (Å²) in [6.45, 7) is 3.41. The van der Waals surface area contributed by atoms with Crippen LogP contribution in [0.3, 0.4) is 0 Å². The summed E-state index contributed by atoms with van der Waals surface area (Å²) in [5.74, 6) is -0.911. The zero-order valence-electron chi connectivity index (χ0n) is 11.1. The molecular weight excluding hydrogens is 232 g/mol. The van der Waals surface area contributed by atoms with E-state index in [1.807, 2.05) is 6.92 Å². The summed E-state index contributed by atoms with van der Waals surface area (Å²) >= 11 is 0. The van der Waals surface area contributed by atoms with Gasteiger partial charge in [0.05, 0.1) is 0 Å². The van der Waals surface area contributed by atoms with Crippen LogP contribution in [0.15, 0.2) is 11.6 Å². The molecule has 0 saturated heterocycles. The number of carboxylic acids is 1. The zero-order valence-corrected chi connectivity index (χ0v) is 11.1. The smallest absolute Gasteiger partial charge is 0.330 e. The lowest BCUT2D eigenvalue weighted by Gasteiger charge is -2.09. The van der Waals surface area contributed by atoms with Gasteiger partial charge in [0.25, 0.3) is 0 Å². The van der Waals surface area contributed by atoms with Crippen LogP contribution in [0.1, 0.15) is 46.0 Å². The second-order valence-electron chi connectivity index (χ2n) is 4.71. The van der Waals surface area contributed by atoms with Gasteiger partial charge >= 0.3 is 5.97 Å². The van der Waals surface area contributed by atoms with Crippen LogP contribution in [0.5, 0.6) is 0 Å².